The van der Waals surface area contributed by atoms with Crippen molar-refractivity contribution in [3.8, 4) is 0 Å². The van der Waals surface area contributed by atoms with Crippen LogP contribution in [0.2, 0.25) is 0 Å². The number of nitrogens with one attached hydrogen (secondary N) is 2. The van der Waals surface area contributed by atoms with Crippen LogP contribution in [0.15, 0.2) is 22.5 Å². The van der Waals surface area contributed by atoms with Crippen molar-refractivity contribution in [1.29, 1.82) is 0 Å². The molecule has 0 aromatic carbocycles. The number of thiophene rings is 1. The Kier molecular flexibility index (Phi) is 11.1. The van der Waals surface area contributed by atoms with Gasteiger partial charge < -0.3 is 15.4 Å². The van der Waals surface area contributed by atoms with E-state index in [2.05, 4.69) is 27.1 Å². The topological polar surface area (TPSA) is 83.0 Å². The first kappa shape index (κ1) is 24.6. The largest absolute Gasteiger partial charge is 0.373 e. The van der Waals surface area contributed by atoms with Crippen LogP contribution in [0.25, 0.3) is 0 Å². The van der Waals surface area contributed by atoms with Gasteiger partial charge >= 0.3 is 0 Å². The van der Waals surface area contributed by atoms with Crippen molar-refractivity contribution < 1.29 is 13.2 Å². The van der Waals surface area contributed by atoms with Gasteiger partial charge in [-0.25, -0.2) is 8.42 Å². The Bertz CT molecular complexity index is 658. The number of hydrogen-bond acceptors (Lipinski definition) is 5. The highest BCUT2D eigenvalue weighted by atomic mass is 127. The lowest BCUT2D eigenvalue weighted by molar-refractivity contribution is -0.0440. The Labute approximate surface area is 184 Å². The molecule has 1 aromatic heterocycles. The number of rotatable bonds is 8. The van der Waals surface area contributed by atoms with Crippen molar-refractivity contribution >= 4 is 51.3 Å². The molecule has 0 bridgehead atoms. The fourth-order valence-corrected chi connectivity index (χ4v) is 5.02. The summed E-state index contributed by atoms with van der Waals surface area (Å²) in [7, 11) is -3.32. The lowest BCUT2D eigenvalue weighted by Gasteiger charge is -2.34. The Hall–Kier alpha value is -0.430. The summed E-state index contributed by atoms with van der Waals surface area (Å²) in [6.07, 6.45) is 0.769. The zero-order valence-electron chi connectivity index (χ0n) is 16.2. The summed E-state index contributed by atoms with van der Waals surface area (Å²) in [5.74, 6) is 0.663. The Morgan fingerprint density at radius 1 is 1.33 bits per heavy atom. The summed E-state index contributed by atoms with van der Waals surface area (Å²) in [6, 6.07) is 4.14. The molecule has 2 N–H and O–H groups in total. The summed E-state index contributed by atoms with van der Waals surface area (Å²) >= 11 is 1.73. The van der Waals surface area contributed by atoms with Gasteiger partial charge in [0.05, 0.1) is 24.5 Å². The second-order valence-corrected chi connectivity index (χ2v) is 9.53. The zero-order valence-corrected chi connectivity index (χ0v) is 20.1. The maximum absolute atomic E-state index is 12.5. The van der Waals surface area contributed by atoms with Crippen molar-refractivity contribution in [1.82, 2.24) is 14.9 Å². The van der Waals surface area contributed by atoms with Crippen molar-refractivity contribution in [2.24, 2.45) is 4.99 Å². The fraction of sp³-hybridized carbons (Fsp3) is 0.706. The monoisotopic (exact) mass is 530 g/mol. The summed E-state index contributed by atoms with van der Waals surface area (Å²) in [5.41, 5.74) is 0. The molecule has 0 spiro atoms. The van der Waals surface area contributed by atoms with Gasteiger partial charge in [-0.2, -0.15) is 4.31 Å². The molecule has 0 saturated carbocycles. The highest BCUT2D eigenvalue weighted by Crippen LogP contribution is 2.14. The van der Waals surface area contributed by atoms with E-state index in [9.17, 15) is 8.42 Å². The normalized spacial score (nSPS) is 21.5. The van der Waals surface area contributed by atoms with Crippen LogP contribution in [0.3, 0.4) is 0 Å². The van der Waals surface area contributed by atoms with E-state index < -0.39 is 10.0 Å². The molecular weight excluding hydrogens is 499 g/mol. The van der Waals surface area contributed by atoms with Crippen LogP contribution < -0.4 is 10.6 Å². The molecule has 7 nitrogen and oxygen atoms in total. The second kappa shape index (κ2) is 12.2. The quantitative estimate of drug-likeness (QED) is 0.305. The van der Waals surface area contributed by atoms with E-state index in [1.807, 2.05) is 26.8 Å². The lowest BCUT2D eigenvalue weighted by Crippen LogP contribution is -2.49. The number of halogens is 1. The summed E-state index contributed by atoms with van der Waals surface area (Å²) < 4.78 is 32.2. The van der Waals surface area contributed by atoms with Crippen molar-refractivity contribution in [3.05, 3.63) is 22.4 Å². The highest BCUT2D eigenvalue weighted by molar-refractivity contribution is 14.0. The number of hydrogen-bond donors (Lipinski definition) is 2. The van der Waals surface area contributed by atoms with Crippen LogP contribution in [0.5, 0.6) is 0 Å². The number of sulfonamides is 1. The van der Waals surface area contributed by atoms with Crippen molar-refractivity contribution in [3.63, 3.8) is 0 Å². The third kappa shape index (κ3) is 8.63. The third-order valence-corrected chi connectivity index (χ3v) is 6.71. The number of ether oxygens (including phenoxy) is 1. The first-order chi connectivity index (χ1) is 12.4. The van der Waals surface area contributed by atoms with Gasteiger partial charge in [-0.05, 0) is 38.6 Å². The van der Waals surface area contributed by atoms with Gasteiger partial charge in [0, 0.05) is 31.1 Å². The Morgan fingerprint density at radius 3 is 2.63 bits per heavy atom. The first-order valence-electron chi connectivity index (χ1n) is 9.08. The molecule has 27 heavy (non-hydrogen) atoms. The summed E-state index contributed by atoms with van der Waals surface area (Å²) in [6.45, 7) is 8.34. The molecule has 1 aromatic rings. The van der Waals surface area contributed by atoms with Crippen LogP contribution >= 0.6 is 35.3 Å². The molecule has 1 fully saturated rings. The molecule has 0 radical (unpaired) electrons. The molecule has 0 aliphatic carbocycles. The molecule has 2 heterocycles. The predicted octanol–water partition coefficient (Wildman–Crippen LogP) is 1.90. The Morgan fingerprint density at radius 2 is 2.04 bits per heavy atom. The van der Waals surface area contributed by atoms with E-state index in [0.29, 0.717) is 19.0 Å². The van der Waals surface area contributed by atoms with Crippen LogP contribution in [0, 0.1) is 0 Å². The number of aliphatic imine (C=N–C) groups is 1. The average molecular weight is 530 g/mol. The SMILES string of the molecule is CCNC(=NCCS(=O)(=O)N1CC(C)OC(C)C1)NCCc1cccs1.I. The van der Waals surface area contributed by atoms with E-state index >= 15 is 0 Å². The molecule has 2 rings (SSSR count). The average Bonchev–Trinajstić information content (AvgIpc) is 3.07. The molecule has 156 valence electrons. The smallest absolute Gasteiger partial charge is 0.216 e. The summed E-state index contributed by atoms with van der Waals surface area (Å²) in [5, 5.41) is 8.47. The molecule has 2 unspecified atom stereocenters. The van der Waals surface area contributed by atoms with Gasteiger partial charge in [-0.15, -0.1) is 35.3 Å². The van der Waals surface area contributed by atoms with Gasteiger partial charge in [0.15, 0.2) is 5.96 Å². The van der Waals surface area contributed by atoms with E-state index in [4.69, 9.17) is 4.74 Å². The maximum atomic E-state index is 12.5. The van der Waals surface area contributed by atoms with E-state index in [1.54, 1.807) is 11.3 Å². The number of morpholine rings is 1. The minimum Gasteiger partial charge on any atom is -0.373 e. The van der Waals surface area contributed by atoms with E-state index in [1.165, 1.54) is 9.18 Å². The van der Waals surface area contributed by atoms with E-state index in [-0.39, 0.29) is 48.5 Å². The molecule has 10 heteroatoms. The minimum atomic E-state index is -3.32. The van der Waals surface area contributed by atoms with Crippen molar-refractivity contribution in [2.45, 2.75) is 39.4 Å². The molecule has 2 atom stereocenters. The molecule has 1 aliphatic heterocycles. The predicted molar refractivity (Wildman–Crippen MR) is 123 cm³/mol. The minimum absolute atomic E-state index is 0. The van der Waals surface area contributed by atoms with Crippen LogP contribution in [0.1, 0.15) is 25.6 Å². The third-order valence-electron chi connectivity index (χ3n) is 3.99. The van der Waals surface area contributed by atoms with Crippen LogP contribution in [0.4, 0.5) is 0 Å². The van der Waals surface area contributed by atoms with Gasteiger partial charge in [0.1, 0.15) is 0 Å². The van der Waals surface area contributed by atoms with E-state index in [0.717, 1.165) is 19.5 Å². The first-order valence-corrected chi connectivity index (χ1v) is 11.6. The van der Waals surface area contributed by atoms with Gasteiger partial charge in [0.25, 0.3) is 0 Å². The fourth-order valence-electron chi connectivity index (χ4n) is 2.86. The molecule has 1 aliphatic rings. The van der Waals surface area contributed by atoms with Gasteiger partial charge in [-0.1, -0.05) is 6.07 Å². The second-order valence-electron chi connectivity index (χ2n) is 6.41. The standard InChI is InChI=1S/C17H30N4O3S2.HI/c1-4-18-17(19-8-7-16-6-5-10-25-16)20-9-11-26(22,23)21-12-14(2)24-15(3)13-21;/h5-6,10,14-15H,4,7-9,11-13H2,1-3H3,(H2,18,19,20);1H. The van der Waals surface area contributed by atoms with Gasteiger partial charge in [-0.3, -0.25) is 4.99 Å². The summed E-state index contributed by atoms with van der Waals surface area (Å²) in [4.78, 5) is 5.72. The molecule has 1 saturated heterocycles. The van der Waals surface area contributed by atoms with Crippen molar-refractivity contribution in [2.75, 3.05) is 38.5 Å². The maximum Gasteiger partial charge on any atom is 0.216 e. The lowest BCUT2D eigenvalue weighted by atomic mass is 10.3. The van der Waals surface area contributed by atoms with Crippen LogP contribution in [-0.4, -0.2) is 69.4 Å². The Balaban J connectivity index is 0.00000364. The van der Waals surface area contributed by atoms with Gasteiger partial charge in [0.2, 0.25) is 10.0 Å². The zero-order chi connectivity index (χ0) is 19.0. The molecule has 0 amide bonds. The number of guanidine groups is 1. The number of nitrogens with zero attached hydrogens (tertiary/aromatic N) is 2. The van der Waals surface area contributed by atoms with Crippen LogP contribution in [-0.2, 0) is 21.2 Å². The molecular formula is C17H31IN4O3S2. The highest BCUT2D eigenvalue weighted by Gasteiger charge is 2.30.